The van der Waals surface area contributed by atoms with Crippen LogP contribution in [0.5, 0.6) is 5.75 Å². The summed E-state index contributed by atoms with van der Waals surface area (Å²) in [6.45, 7) is 3.49. The normalized spacial score (nSPS) is 18.8. The van der Waals surface area contributed by atoms with E-state index in [0.29, 0.717) is 50.8 Å². The van der Waals surface area contributed by atoms with Crippen LogP contribution in [0.15, 0.2) is 48.5 Å². The Morgan fingerprint density at radius 3 is 2.42 bits per heavy atom. The van der Waals surface area contributed by atoms with E-state index in [0.717, 1.165) is 18.4 Å². The van der Waals surface area contributed by atoms with Gasteiger partial charge in [-0.05, 0) is 54.8 Å². The van der Waals surface area contributed by atoms with Crippen molar-refractivity contribution in [1.82, 2.24) is 9.80 Å². The van der Waals surface area contributed by atoms with Crippen LogP contribution in [0.4, 0.5) is 4.39 Å². The van der Waals surface area contributed by atoms with Crippen LogP contribution in [0.25, 0.3) is 0 Å². The number of carbonyl (C=O) groups excluding carboxylic acids is 2. The summed E-state index contributed by atoms with van der Waals surface area (Å²) in [5, 5.41) is 0. The zero-order valence-electron chi connectivity index (χ0n) is 17.5. The van der Waals surface area contributed by atoms with Crippen molar-refractivity contribution < 1.29 is 23.5 Å². The number of hydrogen-bond acceptors (Lipinski definition) is 4. The summed E-state index contributed by atoms with van der Waals surface area (Å²) in [4.78, 5) is 28.9. The number of nitrogens with zero attached hydrogens (tertiary/aromatic N) is 2. The number of benzene rings is 2. The molecule has 0 spiro atoms. The summed E-state index contributed by atoms with van der Waals surface area (Å²) in [6, 6.07) is 13.2. The molecule has 2 aromatic carbocycles. The zero-order chi connectivity index (χ0) is 21.6. The predicted molar refractivity (Wildman–Crippen MR) is 113 cm³/mol. The molecule has 0 aromatic heterocycles. The van der Waals surface area contributed by atoms with Crippen LogP contribution < -0.4 is 4.74 Å². The lowest BCUT2D eigenvalue weighted by Crippen LogP contribution is -2.40. The van der Waals surface area contributed by atoms with Crippen LogP contribution in [0, 0.1) is 5.82 Å². The van der Waals surface area contributed by atoms with E-state index in [-0.39, 0.29) is 30.1 Å². The minimum atomic E-state index is -0.304. The maximum Gasteiger partial charge on any atom is 0.254 e. The first-order valence-electron chi connectivity index (χ1n) is 10.7. The molecule has 0 bridgehead atoms. The molecule has 0 radical (unpaired) electrons. The molecule has 6 nitrogen and oxygen atoms in total. The average Bonchev–Trinajstić information content (AvgIpc) is 3.28. The van der Waals surface area contributed by atoms with E-state index in [1.54, 1.807) is 41.3 Å². The van der Waals surface area contributed by atoms with Gasteiger partial charge in [0.15, 0.2) is 0 Å². The van der Waals surface area contributed by atoms with Crippen LogP contribution in [0.2, 0.25) is 0 Å². The number of amides is 2. The van der Waals surface area contributed by atoms with Crippen LogP contribution in [0.1, 0.15) is 28.8 Å². The van der Waals surface area contributed by atoms with Gasteiger partial charge in [-0.1, -0.05) is 12.1 Å². The fourth-order valence-electron chi connectivity index (χ4n) is 4.05. The van der Waals surface area contributed by atoms with Crippen LogP contribution in [0.3, 0.4) is 0 Å². The van der Waals surface area contributed by atoms with E-state index in [1.165, 1.54) is 12.1 Å². The van der Waals surface area contributed by atoms with Crippen molar-refractivity contribution in [2.75, 3.05) is 39.5 Å². The molecule has 0 aliphatic carbocycles. The van der Waals surface area contributed by atoms with Crippen molar-refractivity contribution in [2.45, 2.75) is 25.3 Å². The lowest BCUT2D eigenvalue weighted by Gasteiger charge is -2.27. The van der Waals surface area contributed by atoms with Crippen molar-refractivity contribution in [2.24, 2.45) is 0 Å². The molecular weight excluding hydrogens is 399 g/mol. The first-order valence-corrected chi connectivity index (χ1v) is 10.7. The van der Waals surface area contributed by atoms with E-state index < -0.39 is 0 Å². The number of carbonyl (C=O) groups is 2. The van der Waals surface area contributed by atoms with E-state index in [9.17, 15) is 14.0 Å². The molecule has 2 saturated heterocycles. The second-order valence-electron chi connectivity index (χ2n) is 7.93. The Bertz CT molecular complexity index is 895. The molecule has 2 heterocycles. The number of likely N-dealkylation sites (tertiary alicyclic amines) is 1. The van der Waals surface area contributed by atoms with E-state index in [2.05, 4.69) is 0 Å². The Balaban J connectivity index is 1.30. The topological polar surface area (TPSA) is 59.1 Å². The van der Waals surface area contributed by atoms with Crippen molar-refractivity contribution in [3.8, 4) is 5.75 Å². The fraction of sp³-hybridized carbons (Fsp3) is 0.417. The Hall–Kier alpha value is -2.93. The average molecular weight is 426 g/mol. The number of hydrogen-bond donors (Lipinski definition) is 0. The van der Waals surface area contributed by atoms with E-state index >= 15 is 0 Å². The quantitative estimate of drug-likeness (QED) is 0.713. The smallest absolute Gasteiger partial charge is 0.254 e. The molecule has 31 heavy (non-hydrogen) atoms. The highest BCUT2D eigenvalue weighted by Crippen LogP contribution is 2.21. The molecule has 4 rings (SSSR count). The molecular formula is C24H27FN2O4. The number of rotatable bonds is 6. The third-order valence-electron chi connectivity index (χ3n) is 5.81. The van der Waals surface area contributed by atoms with Gasteiger partial charge in [0, 0.05) is 25.2 Å². The van der Waals surface area contributed by atoms with E-state index in [4.69, 9.17) is 9.47 Å². The molecule has 2 fully saturated rings. The standard InChI is InChI=1S/C24H27FN2O4/c25-20-7-3-18(4-8-20)16-23(28)27-11-1-2-21(27)17-31-22-9-5-19(6-10-22)24(29)26-12-14-30-15-13-26/h3-10,21H,1-2,11-17H2/t21-/m0/s1. The first kappa shape index (κ1) is 21.3. The Morgan fingerprint density at radius 1 is 1.00 bits per heavy atom. The van der Waals surface area contributed by atoms with Gasteiger partial charge in [0.05, 0.1) is 25.7 Å². The summed E-state index contributed by atoms with van der Waals surface area (Å²) in [6.07, 6.45) is 2.09. The SMILES string of the molecule is O=C(c1ccc(OC[C@@H]2CCCN2C(=O)Cc2ccc(F)cc2)cc1)N1CCOCC1. The molecule has 0 unspecified atom stereocenters. The monoisotopic (exact) mass is 426 g/mol. The molecule has 2 aromatic rings. The minimum absolute atomic E-state index is 0.00297. The molecule has 2 amide bonds. The van der Waals surface area contributed by atoms with Gasteiger partial charge < -0.3 is 19.3 Å². The van der Waals surface area contributed by atoms with Gasteiger partial charge in [0.25, 0.3) is 5.91 Å². The van der Waals surface area contributed by atoms with Crippen molar-refractivity contribution in [3.63, 3.8) is 0 Å². The summed E-state index contributed by atoms with van der Waals surface area (Å²) < 4.78 is 24.3. The van der Waals surface area contributed by atoms with Crippen molar-refractivity contribution in [1.29, 1.82) is 0 Å². The van der Waals surface area contributed by atoms with Crippen LogP contribution >= 0.6 is 0 Å². The van der Waals surface area contributed by atoms with Crippen LogP contribution in [-0.4, -0.2) is 67.1 Å². The Morgan fingerprint density at radius 2 is 1.71 bits per heavy atom. The largest absolute Gasteiger partial charge is 0.491 e. The lowest BCUT2D eigenvalue weighted by molar-refractivity contribution is -0.131. The second-order valence-corrected chi connectivity index (χ2v) is 7.93. The highest BCUT2D eigenvalue weighted by molar-refractivity contribution is 5.94. The third-order valence-corrected chi connectivity index (χ3v) is 5.81. The second kappa shape index (κ2) is 9.92. The minimum Gasteiger partial charge on any atom is -0.491 e. The molecule has 1 atom stereocenters. The summed E-state index contributed by atoms with van der Waals surface area (Å²) in [5.41, 5.74) is 1.43. The molecule has 2 aliphatic heterocycles. The van der Waals surface area contributed by atoms with E-state index in [1.807, 2.05) is 4.90 Å². The molecule has 2 aliphatic rings. The fourth-order valence-corrected chi connectivity index (χ4v) is 4.05. The van der Waals surface area contributed by atoms with Gasteiger partial charge in [-0.25, -0.2) is 4.39 Å². The molecule has 164 valence electrons. The summed E-state index contributed by atoms with van der Waals surface area (Å²) in [5.74, 6) is 0.407. The molecule has 0 saturated carbocycles. The molecule has 0 N–H and O–H groups in total. The maximum absolute atomic E-state index is 13.1. The first-order chi connectivity index (χ1) is 15.1. The van der Waals surface area contributed by atoms with Gasteiger partial charge in [-0.2, -0.15) is 0 Å². The van der Waals surface area contributed by atoms with Crippen molar-refractivity contribution >= 4 is 11.8 Å². The lowest BCUT2D eigenvalue weighted by atomic mass is 10.1. The highest BCUT2D eigenvalue weighted by atomic mass is 19.1. The Kier molecular flexibility index (Phi) is 6.82. The van der Waals surface area contributed by atoms with Gasteiger partial charge >= 0.3 is 0 Å². The van der Waals surface area contributed by atoms with Crippen LogP contribution in [-0.2, 0) is 16.0 Å². The third kappa shape index (κ3) is 5.41. The molecule has 7 heteroatoms. The van der Waals surface area contributed by atoms with Gasteiger partial charge in [0.1, 0.15) is 18.2 Å². The zero-order valence-corrected chi connectivity index (χ0v) is 17.5. The predicted octanol–water partition coefficient (Wildman–Crippen LogP) is 2.91. The summed E-state index contributed by atoms with van der Waals surface area (Å²) >= 11 is 0. The Labute approximate surface area is 181 Å². The van der Waals surface area contributed by atoms with Gasteiger partial charge in [-0.15, -0.1) is 0 Å². The van der Waals surface area contributed by atoms with Crippen molar-refractivity contribution in [3.05, 3.63) is 65.5 Å². The van der Waals surface area contributed by atoms with Gasteiger partial charge in [0.2, 0.25) is 5.91 Å². The number of morpholine rings is 1. The highest BCUT2D eigenvalue weighted by Gasteiger charge is 2.29. The number of ether oxygens (including phenoxy) is 2. The van der Waals surface area contributed by atoms with Gasteiger partial charge in [-0.3, -0.25) is 9.59 Å². The maximum atomic E-state index is 13.1. The number of halogens is 1. The summed E-state index contributed by atoms with van der Waals surface area (Å²) in [7, 11) is 0.